The van der Waals surface area contributed by atoms with Crippen molar-refractivity contribution in [2.24, 2.45) is 0 Å². The third-order valence-corrected chi connectivity index (χ3v) is 6.44. The van der Waals surface area contributed by atoms with Crippen LogP contribution >= 0.6 is 24.4 Å². The van der Waals surface area contributed by atoms with Crippen molar-refractivity contribution in [2.45, 2.75) is 25.6 Å². The maximum atomic E-state index is 11.2. The molecule has 38 heavy (non-hydrogen) atoms. The van der Waals surface area contributed by atoms with Gasteiger partial charge in [-0.2, -0.15) is 0 Å². The minimum Gasteiger partial charge on any atom is -0.550 e. The monoisotopic (exact) mass is 571 g/mol. The number of hydrogen-bond donors (Lipinski definition) is 4. The van der Waals surface area contributed by atoms with Crippen LogP contribution in [-0.2, 0) is 22.8 Å². The van der Waals surface area contributed by atoms with E-state index >= 15 is 0 Å². The van der Waals surface area contributed by atoms with Crippen LogP contribution in [0, 0.1) is 16.1 Å². The van der Waals surface area contributed by atoms with Crippen LogP contribution in [0.25, 0.3) is 5.69 Å². The Morgan fingerprint density at radius 1 is 0.974 bits per heavy atom. The number of hydrogen-bond acceptors (Lipinski definition) is 8. The maximum Gasteiger partial charge on any atom is 1.00 e. The number of nitrogens with zero attached hydrogens (tertiary/aromatic N) is 2. The van der Waals surface area contributed by atoms with Crippen LogP contribution in [0.1, 0.15) is 17.5 Å². The van der Waals surface area contributed by atoms with E-state index in [4.69, 9.17) is 29.3 Å². The molecule has 0 spiro atoms. The fourth-order valence-corrected chi connectivity index (χ4v) is 4.77. The number of carbonyl (C=O) groups is 1. The van der Waals surface area contributed by atoms with Crippen molar-refractivity contribution in [3.05, 3.63) is 100 Å². The third kappa shape index (κ3) is 7.01. The summed E-state index contributed by atoms with van der Waals surface area (Å²) in [7, 11) is 0. The Kier molecular flexibility index (Phi) is 9.95. The molecule has 2 heterocycles. The van der Waals surface area contributed by atoms with Crippen molar-refractivity contribution in [3.63, 3.8) is 0 Å². The first-order chi connectivity index (χ1) is 18.0. The van der Waals surface area contributed by atoms with Crippen molar-refractivity contribution >= 4 is 47.5 Å². The molecule has 0 fully saturated rings. The average Bonchev–Trinajstić information content (AvgIpc) is 3.22. The van der Waals surface area contributed by atoms with Crippen LogP contribution in [0.2, 0.25) is 0 Å². The van der Waals surface area contributed by atoms with Gasteiger partial charge in [-0.05, 0) is 65.9 Å². The van der Waals surface area contributed by atoms with Crippen molar-refractivity contribution in [3.8, 4) is 5.69 Å². The van der Waals surface area contributed by atoms with Crippen LogP contribution in [0.5, 0.6) is 0 Å². The molecule has 9 nitrogen and oxygen atoms in total. The molecule has 0 bridgehead atoms. The molecule has 4 N–H and O–H groups in total. The topological polar surface area (TPSA) is 113 Å². The minimum absolute atomic E-state index is 0. The Labute approximate surface area is 272 Å². The molecular weight excluding hydrogens is 548 g/mol. The zero-order valence-electron chi connectivity index (χ0n) is 20.6. The van der Waals surface area contributed by atoms with Gasteiger partial charge in [0.05, 0.1) is 41.9 Å². The van der Waals surface area contributed by atoms with Gasteiger partial charge in [-0.1, -0.05) is 42.5 Å². The van der Waals surface area contributed by atoms with Crippen molar-refractivity contribution < 1.29 is 66.1 Å². The van der Waals surface area contributed by atoms with Crippen LogP contribution < -0.4 is 72.2 Å². The Morgan fingerprint density at radius 2 is 1.74 bits per heavy atom. The normalized spacial score (nSPS) is 14.2. The van der Waals surface area contributed by atoms with Crippen LogP contribution in [-0.4, -0.2) is 26.8 Å². The van der Waals surface area contributed by atoms with Gasteiger partial charge in [0, 0.05) is 18.9 Å². The molecule has 1 aliphatic rings. The van der Waals surface area contributed by atoms with Gasteiger partial charge < -0.3 is 20.1 Å². The quantitative estimate of drug-likeness (QED) is 0.135. The van der Waals surface area contributed by atoms with Crippen LogP contribution in [0.3, 0.4) is 0 Å². The van der Waals surface area contributed by atoms with Gasteiger partial charge in [0.2, 0.25) is 0 Å². The maximum absolute atomic E-state index is 11.2. The van der Waals surface area contributed by atoms with Gasteiger partial charge in [-0.15, -0.1) is 0 Å². The number of benzene rings is 3. The Morgan fingerprint density at radius 3 is 2.47 bits per heavy atom. The summed E-state index contributed by atoms with van der Waals surface area (Å²) < 4.78 is 2.67. The second-order valence-electron chi connectivity index (χ2n) is 8.58. The SMILES string of the molecule is O=C([O-])CC1[CH]N(Cc2ccccc2)c2cc(CONc3cccc(-n4c(=S)[nH][nH]c4=S)c3)ccc2N1.[K+]. The van der Waals surface area contributed by atoms with Crippen LogP contribution in [0.4, 0.5) is 17.1 Å². The second kappa shape index (κ2) is 13.2. The molecule has 189 valence electrons. The van der Waals surface area contributed by atoms with E-state index in [2.05, 4.69) is 25.9 Å². The molecule has 1 aliphatic heterocycles. The van der Waals surface area contributed by atoms with Crippen molar-refractivity contribution in [1.82, 2.24) is 14.8 Å². The summed E-state index contributed by atoms with van der Waals surface area (Å²) in [6, 6.07) is 23.2. The zero-order valence-corrected chi connectivity index (χ0v) is 25.4. The van der Waals surface area contributed by atoms with Crippen LogP contribution in [0.15, 0.2) is 72.8 Å². The molecule has 12 heteroatoms. The molecule has 0 aliphatic carbocycles. The van der Waals surface area contributed by atoms with E-state index in [0.717, 1.165) is 33.9 Å². The summed E-state index contributed by atoms with van der Waals surface area (Å²) in [5, 5.41) is 20.2. The van der Waals surface area contributed by atoms with Gasteiger partial charge in [0.1, 0.15) is 0 Å². The molecule has 5 rings (SSSR count). The zero-order chi connectivity index (χ0) is 25.8. The number of carboxylic acid groups (broad SMARTS) is 1. The molecule has 3 aromatic carbocycles. The largest absolute Gasteiger partial charge is 1.00 e. The van der Waals surface area contributed by atoms with Gasteiger partial charge in [-0.3, -0.25) is 25.1 Å². The first kappa shape index (κ1) is 28.7. The summed E-state index contributed by atoms with van der Waals surface area (Å²) in [6.45, 7) is 2.82. The Hall–Kier alpha value is -2.29. The molecule has 1 radical (unpaired) electrons. The van der Waals surface area contributed by atoms with Gasteiger partial charge in [0.15, 0.2) is 9.54 Å². The molecular formula is C26H24KN6O3S2. The summed E-state index contributed by atoms with van der Waals surface area (Å²) in [5.74, 6) is -1.10. The minimum atomic E-state index is -1.10. The third-order valence-electron chi connectivity index (χ3n) is 5.87. The number of carbonyl (C=O) groups excluding carboxylic acids is 1. The van der Waals surface area contributed by atoms with E-state index in [0.29, 0.717) is 22.7 Å². The number of fused-ring (bicyclic) bond motifs is 1. The van der Waals surface area contributed by atoms with E-state index in [-0.39, 0.29) is 63.8 Å². The van der Waals surface area contributed by atoms with Gasteiger partial charge in [0.25, 0.3) is 0 Å². The predicted octanol–water partition coefficient (Wildman–Crippen LogP) is 1.24. The number of aliphatic carboxylic acids is 1. The van der Waals surface area contributed by atoms with E-state index in [9.17, 15) is 9.90 Å². The fraction of sp³-hybridized carbons (Fsp3) is 0.154. The van der Waals surface area contributed by atoms with Gasteiger partial charge in [-0.25, -0.2) is 0 Å². The van der Waals surface area contributed by atoms with E-state index in [1.807, 2.05) is 79.3 Å². The first-order valence-electron chi connectivity index (χ1n) is 11.6. The average molecular weight is 572 g/mol. The second-order valence-corrected chi connectivity index (χ2v) is 9.35. The van der Waals surface area contributed by atoms with E-state index in [1.165, 1.54) is 0 Å². The van der Waals surface area contributed by atoms with Crippen molar-refractivity contribution in [1.29, 1.82) is 0 Å². The summed E-state index contributed by atoms with van der Waals surface area (Å²) in [6.07, 6.45) is -0.114. The first-order valence-corrected chi connectivity index (χ1v) is 12.4. The molecule has 1 atom stereocenters. The number of aromatic amines is 2. The van der Waals surface area contributed by atoms with Gasteiger partial charge >= 0.3 is 51.4 Å². The number of anilines is 3. The fourth-order valence-electron chi connectivity index (χ4n) is 4.22. The molecule has 0 saturated carbocycles. The Balaban J connectivity index is 0.00000336. The number of rotatable bonds is 9. The predicted molar refractivity (Wildman–Crippen MR) is 145 cm³/mol. The number of aromatic nitrogens is 3. The number of nitrogens with one attached hydrogen (secondary N) is 4. The van der Waals surface area contributed by atoms with E-state index in [1.54, 1.807) is 4.57 Å². The molecule has 0 saturated heterocycles. The molecule has 0 amide bonds. The van der Waals surface area contributed by atoms with E-state index < -0.39 is 5.97 Å². The molecule has 1 unspecified atom stereocenters. The smallest absolute Gasteiger partial charge is 0.550 e. The van der Waals surface area contributed by atoms with Crippen molar-refractivity contribution in [2.75, 3.05) is 15.7 Å². The Bertz CT molecular complexity index is 1490. The number of carboxylic acids is 1. The summed E-state index contributed by atoms with van der Waals surface area (Å²) in [4.78, 5) is 19.1. The molecule has 4 aromatic rings. The standard InChI is InChI=1S/C26H25N6O3S2.K/c33-24(34)13-20-15-31(14-17-5-2-1-3-6-17)23-11-18(9-10-22(23)27-20)16-35-30-19-7-4-8-21(12-19)32-25(36)28-29-26(32)37;/h1-12,15,20,27,30H,13-14,16H2,(H,28,36)(H,29,37)(H,33,34);/q;+1/p-1. The molecule has 1 aromatic heterocycles. The summed E-state index contributed by atoms with van der Waals surface area (Å²) >= 11 is 10.6. The number of H-pyrrole nitrogens is 2. The summed E-state index contributed by atoms with van der Waals surface area (Å²) in [5.41, 5.74) is 8.40.